The van der Waals surface area contributed by atoms with Gasteiger partial charge < -0.3 is 14.7 Å². The van der Waals surface area contributed by atoms with Crippen LogP contribution in [0.2, 0.25) is 0 Å². The molecular weight excluding hydrogens is 322 g/mol. The van der Waals surface area contributed by atoms with E-state index in [4.69, 9.17) is 4.74 Å². The third kappa shape index (κ3) is 5.16. The summed E-state index contributed by atoms with van der Waals surface area (Å²) in [5.41, 5.74) is 3.50. The van der Waals surface area contributed by atoms with Crippen LogP contribution in [0.25, 0.3) is 0 Å². The molecule has 0 radical (unpaired) electrons. The fourth-order valence-electron chi connectivity index (χ4n) is 3.88. The van der Waals surface area contributed by atoms with E-state index in [1.807, 2.05) is 18.2 Å². The number of quaternary nitrogens is 1. The quantitative estimate of drug-likeness (QED) is 0.802. The van der Waals surface area contributed by atoms with Crippen LogP contribution in [0.3, 0.4) is 0 Å². The van der Waals surface area contributed by atoms with Crippen molar-refractivity contribution in [2.45, 2.75) is 51.4 Å². The minimum absolute atomic E-state index is 0.139. The lowest BCUT2D eigenvalue weighted by molar-refractivity contribution is -0.931. The Bertz CT molecular complexity index is 656. The molecular formula is C23H32NO2+. The summed E-state index contributed by atoms with van der Waals surface area (Å²) in [5.74, 6) is 0. The molecule has 2 N–H and O–H groups in total. The maximum absolute atomic E-state index is 10.6. The van der Waals surface area contributed by atoms with Crippen molar-refractivity contribution in [2.75, 3.05) is 19.7 Å². The topological polar surface area (TPSA) is 33.9 Å². The summed E-state index contributed by atoms with van der Waals surface area (Å²) in [5, 5.41) is 10.6. The maximum Gasteiger partial charge on any atom is 0.126 e. The Labute approximate surface area is 157 Å². The number of aliphatic hydroxyl groups excluding tert-OH is 1. The van der Waals surface area contributed by atoms with Crippen molar-refractivity contribution in [2.24, 2.45) is 0 Å². The lowest BCUT2D eigenvalue weighted by atomic mass is 10.0. The molecule has 3 heteroatoms. The van der Waals surface area contributed by atoms with Gasteiger partial charge in [0.15, 0.2) is 0 Å². The van der Waals surface area contributed by atoms with Crippen molar-refractivity contribution in [1.82, 2.24) is 0 Å². The van der Waals surface area contributed by atoms with Gasteiger partial charge in [-0.25, -0.2) is 0 Å². The van der Waals surface area contributed by atoms with Crippen LogP contribution in [0.1, 0.15) is 49.0 Å². The van der Waals surface area contributed by atoms with Gasteiger partial charge in [-0.15, -0.1) is 0 Å². The minimum Gasteiger partial charge on any atom is -0.385 e. The van der Waals surface area contributed by atoms with E-state index in [0.29, 0.717) is 12.6 Å². The Morgan fingerprint density at radius 1 is 1.04 bits per heavy atom. The molecule has 26 heavy (non-hydrogen) atoms. The molecule has 140 valence electrons. The summed E-state index contributed by atoms with van der Waals surface area (Å²) < 4.78 is 6.23. The third-order valence-electron chi connectivity index (χ3n) is 5.52. The highest BCUT2D eigenvalue weighted by Crippen LogP contribution is 2.26. The number of aryl methyl sites for hydroxylation is 1. The highest BCUT2D eigenvalue weighted by molar-refractivity contribution is 5.31. The molecule has 1 aliphatic rings. The zero-order valence-corrected chi connectivity index (χ0v) is 16.0. The van der Waals surface area contributed by atoms with Gasteiger partial charge >= 0.3 is 0 Å². The molecule has 0 saturated carbocycles. The number of likely N-dealkylation sites (tertiary alicyclic amines) is 1. The van der Waals surface area contributed by atoms with Gasteiger partial charge in [-0.2, -0.15) is 0 Å². The van der Waals surface area contributed by atoms with Crippen molar-refractivity contribution >= 4 is 0 Å². The van der Waals surface area contributed by atoms with Gasteiger partial charge in [0.2, 0.25) is 0 Å². The van der Waals surface area contributed by atoms with E-state index in [0.717, 1.165) is 24.2 Å². The molecule has 0 spiro atoms. The number of aliphatic hydroxyl groups is 1. The second kappa shape index (κ2) is 9.31. The Morgan fingerprint density at radius 3 is 2.42 bits per heavy atom. The molecule has 0 amide bonds. The van der Waals surface area contributed by atoms with E-state index in [-0.39, 0.29) is 6.10 Å². The van der Waals surface area contributed by atoms with Crippen molar-refractivity contribution in [3.05, 3.63) is 71.3 Å². The van der Waals surface area contributed by atoms with Gasteiger partial charge in [0, 0.05) is 0 Å². The molecule has 4 atom stereocenters. The number of rotatable bonds is 7. The monoisotopic (exact) mass is 354 g/mol. The fourth-order valence-corrected chi connectivity index (χ4v) is 3.88. The number of ether oxygens (including phenoxy) is 1. The Balaban J connectivity index is 1.65. The third-order valence-corrected chi connectivity index (χ3v) is 5.52. The van der Waals surface area contributed by atoms with Crippen molar-refractivity contribution in [3.8, 4) is 0 Å². The molecule has 3 nitrogen and oxygen atoms in total. The number of nitrogens with one attached hydrogen (secondary N) is 1. The number of benzene rings is 2. The number of hydrogen-bond donors (Lipinski definition) is 2. The summed E-state index contributed by atoms with van der Waals surface area (Å²) in [4.78, 5) is 1.51. The zero-order chi connectivity index (χ0) is 18.4. The summed E-state index contributed by atoms with van der Waals surface area (Å²) >= 11 is 0. The molecule has 2 aromatic rings. The highest BCUT2D eigenvalue weighted by Gasteiger charge is 2.25. The van der Waals surface area contributed by atoms with Gasteiger partial charge in [0.25, 0.3) is 0 Å². The highest BCUT2D eigenvalue weighted by atomic mass is 16.5. The molecule has 1 saturated heterocycles. The van der Waals surface area contributed by atoms with E-state index in [1.54, 1.807) is 0 Å². The van der Waals surface area contributed by atoms with E-state index in [9.17, 15) is 5.11 Å². The molecule has 3 rings (SSSR count). The maximum atomic E-state index is 10.6. The van der Waals surface area contributed by atoms with Crippen LogP contribution >= 0.6 is 0 Å². The van der Waals surface area contributed by atoms with Crippen LogP contribution in [-0.2, 0) is 4.74 Å². The van der Waals surface area contributed by atoms with E-state index in [2.05, 4.69) is 50.2 Å². The molecule has 1 aliphatic heterocycles. The normalized spacial score (nSPS) is 22.7. The SMILES string of the molecule is Cc1ccc([C@@H](OC[C@@H](O)C[NH+]2CCCC[C@@H]2C)c2ccccc2)cc1. The van der Waals surface area contributed by atoms with E-state index in [1.165, 1.54) is 29.7 Å². The van der Waals surface area contributed by atoms with Crippen LogP contribution in [0.4, 0.5) is 0 Å². The summed E-state index contributed by atoms with van der Waals surface area (Å²) in [7, 11) is 0. The first-order valence-corrected chi connectivity index (χ1v) is 9.89. The summed E-state index contributed by atoms with van der Waals surface area (Å²) in [6, 6.07) is 19.4. The second-order valence-electron chi connectivity index (χ2n) is 7.70. The Kier molecular flexibility index (Phi) is 6.84. The Morgan fingerprint density at radius 2 is 1.73 bits per heavy atom. The summed E-state index contributed by atoms with van der Waals surface area (Å²) in [6.45, 7) is 6.69. The first-order valence-electron chi connectivity index (χ1n) is 9.89. The lowest BCUT2D eigenvalue weighted by Crippen LogP contribution is -3.17. The number of piperidine rings is 1. The predicted molar refractivity (Wildman–Crippen MR) is 105 cm³/mol. The molecule has 1 fully saturated rings. The average molecular weight is 355 g/mol. The number of hydrogen-bond acceptors (Lipinski definition) is 2. The van der Waals surface area contributed by atoms with Crippen molar-refractivity contribution < 1.29 is 14.7 Å². The molecule has 1 heterocycles. The van der Waals surface area contributed by atoms with Gasteiger partial charge in [-0.3, -0.25) is 0 Å². The van der Waals surface area contributed by atoms with Gasteiger partial charge in [-0.05, 0) is 44.2 Å². The van der Waals surface area contributed by atoms with Gasteiger partial charge in [0.1, 0.15) is 18.8 Å². The Hall–Kier alpha value is -1.68. The van der Waals surface area contributed by atoms with Crippen LogP contribution in [0.5, 0.6) is 0 Å². The fraction of sp³-hybridized carbons (Fsp3) is 0.478. The van der Waals surface area contributed by atoms with Crippen LogP contribution < -0.4 is 4.90 Å². The van der Waals surface area contributed by atoms with Gasteiger partial charge in [-0.1, -0.05) is 60.2 Å². The predicted octanol–water partition coefficient (Wildman–Crippen LogP) is 2.92. The smallest absolute Gasteiger partial charge is 0.126 e. The molecule has 0 aromatic heterocycles. The summed E-state index contributed by atoms with van der Waals surface area (Å²) in [6.07, 6.45) is 3.28. The van der Waals surface area contributed by atoms with E-state index >= 15 is 0 Å². The first-order chi connectivity index (χ1) is 12.6. The largest absolute Gasteiger partial charge is 0.385 e. The molecule has 0 aliphatic carbocycles. The first kappa shape index (κ1) is 19.1. The lowest BCUT2D eigenvalue weighted by Gasteiger charge is -2.32. The van der Waals surface area contributed by atoms with E-state index < -0.39 is 6.10 Å². The van der Waals surface area contributed by atoms with Crippen LogP contribution in [-0.4, -0.2) is 36.9 Å². The molecule has 2 aromatic carbocycles. The average Bonchev–Trinajstić information content (AvgIpc) is 2.66. The molecule has 0 bridgehead atoms. The minimum atomic E-state index is -0.429. The van der Waals surface area contributed by atoms with Crippen molar-refractivity contribution in [3.63, 3.8) is 0 Å². The second-order valence-corrected chi connectivity index (χ2v) is 7.70. The van der Waals surface area contributed by atoms with Gasteiger partial charge in [0.05, 0.1) is 19.2 Å². The van der Waals surface area contributed by atoms with Crippen LogP contribution in [0, 0.1) is 6.92 Å². The standard InChI is InChI=1S/C23H31NO2/c1-18-11-13-21(14-12-18)23(20-9-4-3-5-10-20)26-17-22(25)16-24-15-7-6-8-19(24)2/h3-5,9-14,19,22-23,25H,6-8,15-17H2,1-2H3/p+1/t19-,22-,23-/m0/s1. The van der Waals surface area contributed by atoms with Crippen molar-refractivity contribution in [1.29, 1.82) is 0 Å². The molecule has 1 unspecified atom stereocenters. The zero-order valence-electron chi connectivity index (χ0n) is 16.0. The van der Waals surface area contributed by atoms with Crippen LogP contribution in [0.15, 0.2) is 54.6 Å².